The van der Waals surface area contributed by atoms with Gasteiger partial charge in [0.2, 0.25) is 0 Å². The molecular formula is C15H22N4. The van der Waals surface area contributed by atoms with Crippen LogP contribution in [0.25, 0.3) is 0 Å². The second kappa shape index (κ2) is 7.04. The standard InChI is InChI=1S/C15H22N4/c1-3-10-16-14(13-8-6-5-7-9-13)11-15-17-12-18-19(15)4-2/h5-9,12,14,16H,3-4,10-11H2,1-2H3. The monoisotopic (exact) mass is 258 g/mol. The Balaban J connectivity index is 2.14. The zero-order valence-corrected chi connectivity index (χ0v) is 11.7. The van der Waals surface area contributed by atoms with Crippen molar-refractivity contribution in [1.82, 2.24) is 20.1 Å². The van der Waals surface area contributed by atoms with Crippen molar-refractivity contribution in [3.63, 3.8) is 0 Å². The van der Waals surface area contributed by atoms with Crippen LogP contribution in [0.2, 0.25) is 0 Å². The van der Waals surface area contributed by atoms with Gasteiger partial charge < -0.3 is 5.32 Å². The van der Waals surface area contributed by atoms with Crippen molar-refractivity contribution in [2.75, 3.05) is 6.54 Å². The van der Waals surface area contributed by atoms with Crippen molar-refractivity contribution >= 4 is 0 Å². The molecule has 0 aliphatic heterocycles. The highest BCUT2D eigenvalue weighted by atomic mass is 15.3. The first-order valence-corrected chi connectivity index (χ1v) is 7.00. The fourth-order valence-electron chi connectivity index (χ4n) is 2.20. The molecule has 19 heavy (non-hydrogen) atoms. The van der Waals surface area contributed by atoms with E-state index in [1.807, 2.05) is 4.68 Å². The predicted octanol–water partition coefficient (Wildman–Crippen LogP) is 2.58. The van der Waals surface area contributed by atoms with E-state index in [4.69, 9.17) is 0 Å². The first-order chi connectivity index (χ1) is 9.35. The molecule has 0 radical (unpaired) electrons. The number of nitrogens with zero attached hydrogens (tertiary/aromatic N) is 3. The summed E-state index contributed by atoms with van der Waals surface area (Å²) in [4.78, 5) is 4.37. The van der Waals surface area contributed by atoms with Crippen molar-refractivity contribution in [2.45, 2.75) is 39.3 Å². The van der Waals surface area contributed by atoms with E-state index in [1.54, 1.807) is 6.33 Å². The highest BCUT2D eigenvalue weighted by Gasteiger charge is 2.14. The molecule has 1 heterocycles. The highest BCUT2D eigenvalue weighted by Crippen LogP contribution is 2.17. The van der Waals surface area contributed by atoms with Crippen LogP contribution in [0, 0.1) is 0 Å². The average Bonchev–Trinajstić information content (AvgIpc) is 2.91. The minimum atomic E-state index is 0.302. The third-order valence-corrected chi connectivity index (χ3v) is 3.22. The van der Waals surface area contributed by atoms with Crippen LogP contribution in [0.1, 0.15) is 37.7 Å². The zero-order valence-electron chi connectivity index (χ0n) is 11.7. The number of aryl methyl sites for hydroxylation is 1. The summed E-state index contributed by atoms with van der Waals surface area (Å²) in [5, 5.41) is 7.83. The van der Waals surface area contributed by atoms with Crippen LogP contribution in [0.4, 0.5) is 0 Å². The van der Waals surface area contributed by atoms with Gasteiger partial charge >= 0.3 is 0 Å². The van der Waals surface area contributed by atoms with Gasteiger partial charge in [-0.1, -0.05) is 37.3 Å². The fourth-order valence-corrected chi connectivity index (χ4v) is 2.20. The fraction of sp³-hybridized carbons (Fsp3) is 0.467. The number of nitrogens with one attached hydrogen (secondary N) is 1. The molecule has 0 saturated heterocycles. The maximum absolute atomic E-state index is 4.37. The Morgan fingerprint density at radius 2 is 2.00 bits per heavy atom. The summed E-state index contributed by atoms with van der Waals surface area (Å²) < 4.78 is 1.96. The average molecular weight is 258 g/mol. The largest absolute Gasteiger partial charge is 0.310 e. The van der Waals surface area contributed by atoms with Crippen molar-refractivity contribution in [3.05, 3.63) is 48.0 Å². The Labute approximate surface area is 114 Å². The third kappa shape index (κ3) is 3.64. The molecule has 0 bridgehead atoms. The minimum absolute atomic E-state index is 0.302. The molecule has 1 N–H and O–H groups in total. The predicted molar refractivity (Wildman–Crippen MR) is 76.9 cm³/mol. The number of benzene rings is 1. The minimum Gasteiger partial charge on any atom is -0.310 e. The second-order valence-electron chi connectivity index (χ2n) is 4.61. The molecule has 1 unspecified atom stereocenters. The van der Waals surface area contributed by atoms with E-state index in [0.29, 0.717) is 6.04 Å². The Morgan fingerprint density at radius 3 is 2.68 bits per heavy atom. The third-order valence-electron chi connectivity index (χ3n) is 3.22. The highest BCUT2D eigenvalue weighted by molar-refractivity contribution is 5.20. The quantitative estimate of drug-likeness (QED) is 0.830. The summed E-state index contributed by atoms with van der Waals surface area (Å²) in [7, 11) is 0. The number of hydrogen-bond donors (Lipinski definition) is 1. The van der Waals surface area contributed by atoms with Gasteiger partial charge in [-0.3, -0.25) is 4.68 Å². The number of hydrogen-bond acceptors (Lipinski definition) is 3. The van der Waals surface area contributed by atoms with Gasteiger partial charge in [0.25, 0.3) is 0 Å². The zero-order chi connectivity index (χ0) is 13.5. The molecular weight excluding hydrogens is 236 g/mol. The van der Waals surface area contributed by atoms with Crippen LogP contribution < -0.4 is 5.32 Å². The number of rotatable bonds is 7. The van der Waals surface area contributed by atoms with Crippen molar-refractivity contribution in [3.8, 4) is 0 Å². The van der Waals surface area contributed by atoms with E-state index in [9.17, 15) is 0 Å². The molecule has 1 aromatic heterocycles. The SMILES string of the molecule is CCCNC(Cc1ncnn1CC)c1ccccc1. The molecule has 0 fully saturated rings. The van der Waals surface area contributed by atoms with Gasteiger partial charge in [0, 0.05) is 19.0 Å². The Bertz CT molecular complexity index is 478. The van der Waals surface area contributed by atoms with Crippen LogP contribution >= 0.6 is 0 Å². The Hall–Kier alpha value is -1.68. The van der Waals surface area contributed by atoms with E-state index < -0.39 is 0 Å². The molecule has 0 aliphatic carbocycles. The molecule has 2 aromatic rings. The van der Waals surface area contributed by atoms with Gasteiger partial charge in [-0.05, 0) is 25.5 Å². The first-order valence-electron chi connectivity index (χ1n) is 7.00. The molecule has 0 amide bonds. The lowest BCUT2D eigenvalue weighted by Crippen LogP contribution is -2.25. The van der Waals surface area contributed by atoms with Gasteiger partial charge in [0.15, 0.2) is 0 Å². The molecule has 0 aliphatic rings. The van der Waals surface area contributed by atoms with Crippen molar-refractivity contribution in [2.24, 2.45) is 0 Å². The van der Waals surface area contributed by atoms with Crippen molar-refractivity contribution < 1.29 is 0 Å². The molecule has 0 saturated carbocycles. The maximum atomic E-state index is 4.37. The van der Waals surface area contributed by atoms with Crippen LogP contribution in [-0.2, 0) is 13.0 Å². The van der Waals surface area contributed by atoms with Crippen molar-refractivity contribution in [1.29, 1.82) is 0 Å². The van der Waals surface area contributed by atoms with Gasteiger partial charge in [-0.25, -0.2) is 4.98 Å². The molecule has 4 nitrogen and oxygen atoms in total. The van der Waals surface area contributed by atoms with Crippen LogP contribution in [0.3, 0.4) is 0 Å². The summed E-state index contributed by atoms with van der Waals surface area (Å²) in [6.45, 7) is 6.16. The summed E-state index contributed by atoms with van der Waals surface area (Å²) in [5.41, 5.74) is 1.31. The normalized spacial score (nSPS) is 12.5. The van der Waals surface area contributed by atoms with E-state index >= 15 is 0 Å². The topological polar surface area (TPSA) is 42.7 Å². The van der Waals surface area contributed by atoms with Crippen LogP contribution in [-0.4, -0.2) is 21.3 Å². The molecule has 0 spiro atoms. The van der Waals surface area contributed by atoms with Crippen LogP contribution in [0.15, 0.2) is 36.7 Å². The molecule has 4 heteroatoms. The summed E-state index contributed by atoms with van der Waals surface area (Å²) in [5.74, 6) is 1.04. The van der Waals surface area contributed by atoms with Gasteiger partial charge in [0.05, 0.1) is 0 Å². The van der Waals surface area contributed by atoms with Gasteiger partial charge in [-0.15, -0.1) is 0 Å². The second-order valence-corrected chi connectivity index (χ2v) is 4.61. The van der Waals surface area contributed by atoms with Gasteiger partial charge in [-0.2, -0.15) is 5.10 Å². The summed E-state index contributed by atoms with van der Waals surface area (Å²) in [6, 6.07) is 10.9. The Kier molecular flexibility index (Phi) is 5.10. The Morgan fingerprint density at radius 1 is 1.21 bits per heavy atom. The lowest BCUT2D eigenvalue weighted by atomic mass is 10.0. The first kappa shape index (κ1) is 13.7. The molecule has 2 rings (SSSR count). The van der Waals surface area contributed by atoms with E-state index in [2.05, 4.69) is 59.6 Å². The summed E-state index contributed by atoms with van der Waals surface area (Å²) >= 11 is 0. The molecule has 1 aromatic carbocycles. The lowest BCUT2D eigenvalue weighted by molar-refractivity contribution is 0.497. The smallest absolute Gasteiger partial charge is 0.138 e. The van der Waals surface area contributed by atoms with E-state index in [-0.39, 0.29) is 0 Å². The maximum Gasteiger partial charge on any atom is 0.138 e. The summed E-state index contributed by atoms with van der Waals surface area (Å²) in [6.07, 6.45) is 3.64. The lowest BCUT2D eigenvalue weighted by Gasteiger charge is -2.18. The van der Waals surface area contributed by atoms with Crippen LogP contribution in [0.5, 0.6) is 0 Å². The number of aromatic nitrogens is 3. The van der Waals surface area contributed by atoms with E-state index in [1.165, 1.54) is 5.56 Å². The molecule has 1 atom stereocenters. The van der Waals surface area contributed by atoms with Gasteiger partial charge in [0.1, 0.15) is 12.2 Å². The van der Waals surface area contributed by atoms with E-state index in [0.717, 1.165) is 31.8 Å². The molecule has 102 valence electrons.